The lowest BCUT2D eigenvalue weighted by atomic mass is 10.0. The molecule has 2 aromatic rings. The third-order valence-corrected chi connectivity index (χ3v) is 7.14. The summed E-state index contributed by atoms with van der Waals surface area (Å²) in [6.45, 7) is 0.591. The second-order valence-electron chi connectivity index (χ2n) is 7.89. The van der Waals surface area contributed by atoms with Gasteiger partial charge >= 0.3 is 0 Å². The number of carbonyl (C=O) groups excluding carboxylic acids is 1. The Morgan fingerprint density at radius 2 is 2.00 bits per heavy atom. The van der Waals surface area contributed by atoms with Crippen LogP contribution in [0.2, 0.25) is 0 Å². The molecule has 6 nitrogen and oxygen atoms in total. The molecule has 1 aliphatic heterocycles. The highest BCUT2D eigenvalue weighted by Gasteiger charge is 2.33. The topological polar surface area (TPSA) is 75.7 Å². The molecule has 1 heterocycles. The first-order chi connectivity index (χ1) is 14.4. The maximum atomic E-state index is 13.5. The Labute approximate surface area is 176 Å². The number of halogens is 1. The quantitative estimate of drug-likeness (QED) is 0.730. The zero-order valence-electron chi connectivity index (χ0n) is 16.8. The van der Waals surface area contributed by atoms with Gasteiger partial charge in [0.15, 0.2) is 0 Å². The molecule has 30 heavy (non-hydrogen) atoms. The molecule has 160 valence electrons. The molecule has 0 spiro atoms. The minimum atomic E-state index is -3.77. The Morgan fingerprint density at radius 1 is 1.20 bits per heavy atom. The largest absolute Gasteiger partial charge is 0.495 e. The van der Waals surface area contributed by atoms with Crippen LogP contribution in [0.5, 0.6) is 5.75 Å². The highest BCUT2D eigenvalue weighted by molar-refractivity contribution is 7.89. The number of methoxy groups -OCH3 is 1. The standard InChI is InChI=1S/C22H25FN2O4S/c1-29-20-10-7-16(14-21(20)30(27,28)24-18-8-9-18)22(26)25-11-3-6-19(25)13-15-4-2-5-17(23)12-15/h2,4-5,7,10,12,14,18-19,24H,3,6,8-9,11,13H2,1H3. The van der Waals surface area contributed by atoms with Crippen molar-refractivity contribution in [2.45, 2.75) is 49.1 Å². The number of amides is 1. The van der Waals surface area contributed by atoms with Gasteiger partial charge in [0.2, 0.25) is 10.0 Å². The number of nitrogens with zero attached hydrogens (tertiary/aromatic N) is 1. The Morgan fingerprint density at radius 3 is 2.70 bits per heavy atom. The van der Waals surface area contributed by atoms with E-state index in [1.807, 2.05) is 6.07 Å². The summed E-state index contributed by atoms with van der Waals surface area (Å²) in [6.07, 6.45) is 3.88. The third-order valence-electron chi connectivity index (χ3n) is 5.60. The van der Waals surface area contributed by atoms with Gasteiger partial charge in [-0.1, -0.05) is 12.1 Å². The van der Waals surface area contributed by atoms with Gasteiger partial charge in [0.1, 0.15) is 16.5 Å². The van der Waals surface area contributed by atoms with Crippen LogP contribution in [0, 0.1) is 5.82 Å². The Bertz CT molecular complexity index is 1050. The SMILES string of the molecule is COc1ccc(C(=O)N2CCCC2Cc2cccc(F)c2)cc1S(=O)(=O)NC1CC1. The van der Waals surface area contributed by atoms with Gasteiger partial charge in [-0.25, -0.2) is 17.5 Å². The number of benzene rings is 2. The van der Waals surface area contributed by atoms with Crippen molar-refractivity contribution in [3.05, 3.63) is 59.4 Å². The van der Waals surface area contributed by atoms with Crippen LogP contribution in [-0.2, 0) is 16.4 Å². The number of rotatable bonds is 7. The van der Waals surface area contributed by atoms with Crippen molar-refractivity contribution in [3.8, 4) is 5.75 Å². The lowest BCUT2D eigenvalue weighted by Gasteiger charge is -2.25. The van der Waals surface area contributed by atoms with Crippen LogP contribution in [0.4, 0.5) is 4.39 Å². The second-order valence-corrected chi connectivity index (χ2v) is 9.57. The van der Waals surface area contributed by atoms with Crippen LogP contribution in [-0.4, -0.2) is 45.0 Å². The normalized spacial score (nSPS) is 19.1. The van der Waals surface area contributed by atoms with Gasteiger partial charge in [0.05, 0.1) is 7.11 Å². The van der Waals surface area contributed by atoms with Gasteiger partial charge in [-0.05, 0) is 68.0 Å². The molecule has 1 atom stereocenters. The summed E-state index contributed by atoms with van der Waals surface area (Å²) in [5, 5.41) is 0. The molecule has 8 heteroatoms. The van der Waals surface area contributed by atoms with Gasteiger partial charge in [-0.3, -0.25) is 4.79 Å². The van der Waals surface area contributed by atoms with E-state index < -0.39 is 10.0 Å². The number of sulfonamides is 1. The average molecular weight is 433 g/mol. The molecular weight excluding hydrogens is 407 g/mol. The molecule has 1 amide bonds. The minimum Gasteiger partial charge on any atom is -0.495 e. The van der Waals surface area contributed by atoms with Crippen LogP contribution in [0.3, 0.4) is 0 Å². The summed E-state index contributed by atoms with van der Waals surface area (Å²) in [7, 11) is -2.37. The molecule has 0 radical (unpaired) electrons. The van der Waals surface area contributed by atoms with Gasteiger partial charge in [0, 0.05) is 24.2 Å². The molecule has 0 bridgehead atoms. The van der Waals surface area contributed by atoms with Gasteiger partial charge in [-0.15, -0.1) is 0 Å². The number of ether oxygens (including phenoxy) is 1. The molecule has 1 saturated carbocycles. The maximum absolute atomic E-state index is 13.5. The predicted molar refractivity (Wildman–Crippen MR) is 111 cm³/mol. The highest BCUT2D eigenvalue weighted by atomic mass is 32.2. The molecule has 2 fully saturated rings. The molecule has 1 N–H and O–H groups in total. The fraction of sp³-hybridized carbons (Fsp3) is 0.409. The van der Waals surface area contributed by atoms with Crippen LogP contribution in [0.25, 0.3) is 0 Å². The first-order valence-corrected chi connectivity index (χ1v) is 11.6. The van der Waals surface area contributed by atoms with Crippen molar-refractivity contribution in [1.29, 1.82) is 0 Å². The average Bonchev–Trinajstić information content (AvgIpc) is 3.41. The Kier molecular flexibility index (Phi) is 5.79. The Hall–Kier alpha value is -2.45. The fourth-order valence-electron chi connectivity index (χ4n) is 3.92. The van der Waals surface area contributed by atoms with Crippen molar-refractivity contribution in [2.24, 2.45) is 0 Å². The van der Waals surface area contributed by atoms with E-state index in [0.29, 0.717) is 18.5 Å². The van der Waals surface area contributed by atoms with E-state index in [1.165, 1.54) is 31.4 Å². The van der Waals surface area contributed by atoms with Crippen LogP contribution in [0.1, 0.15) is 41.6 Å². The zero-order chi connectivity index (χ0) is 21.3. The highest BCUT2D eigenvalue weighted by Crippen LogP contribution is 2.30. The molecule has 4 rings (SSSR count). The van der Waals surface area contributed by atoms with Gasteiger partial charge in [0.25, 0.3) is 5.91 Å². The van der Waals surface area contributed by atoms with Crippen LogP contribution < -0.4 is 9.46 Å². The van der Waals surface area contributed by atoms with E-state index in [1.54, 1.807) is 17.0 Å². The van der Waals surface area contributed by atoms with E-state index >= 15 is 0 Å². The van der Waals surface area contributed by atoms with Crippen molar-refractivity contribution < 1.29 is 22.3 Å². The van der Waals surface area contributed by atoms with Crippen molar-refractivity contribution >= 4 is 15.9 Å². The second kappa shape index (κ2) is 8.35. The number of carbonyl (C=O) groups is 1. The van der Waals surface area contributed by atoms with Crippen molar-refractivity contribution in [1.82, 2.24) is 9.62 Å². The van der Waals surface area contributed by atoms with Crippen LogP contribution in [0.15, 0.2) is 47.4 Å². The summed E-state index contributed by atoms with van der Waals surface area (Å²) in [5.41, 5.74) is 1.14. The number of hydrogen-bond acceptors (Lipinski definition) is 4. The zero-order valence-corrected chi connectivity index (χ0v) is 17.6. The number of nitrogens with one attached hydrogen (secondary N) is 1. The van der Waals surface area contributed by atoms with E-state index in [2.05, 4.69) is 4.72 Å². The van der Waals surface area contributed by atoms with Gasteiger partial charge in [-0.2, -0.15) is 0 Å². The summed E-state index contributed by atoms with van der Waals surface area (Å²) in [4.78, 5) is 15.0. The lowest BCUT2D eigenvalue weighted by molar-refractivity contribution is 0.0736. The van der Waals surface area contributed by atoms with Crippen molar-refractivity contribution in [2.75, 3.05) is 13.7 Å². The van der Waals surface area contributed by atoms with Crippen molar-refractivity contribution in [3.63, 3.8) is 0 Å². The summed E-state index contributed by atoms with van der Waals surface area (Å²) in [6, 6.07) is 10.8. The van der Waals surface area contributed by atoms with E-state index in [-0.39, 0.29) is 34.5 Å². The first kappa shape index (κ1) is 20.8. The molecule has 1 saturated heterocycles. The minimum absolute atomic E-state index is 0.0244. The Balaban J connectivity index is 1.58. The van der Waals surface area contributed by atoms with Crippen LogP contribution >= 0.6 is 0 Å². The monoisotopic (exact) mass is 432 g/mol. The summed E-state index contributed by atoms with van der Waals surface area (Å²) < 4.78 is 46.9. The number of hydrogen-bond donors (Lipinski definition) is 1. The van der Waals surface area contributed by atoms with E-state index in [9.17, 15) is 17.6 Å². The smallest absolute Gasteiger partial charge is 0.254 e. The number of likely N-dealkylation sites (tertiary alicyclic amines) is 1. The maximum Gasteiger partial charge on any atom is 0.254 e. The van der Waals surface area contributed by atoms with E-state index in [4.69, 9.17) is 4.74 Å². The third kappa shape index (κ3) is 4.49. The van der Waals surface area contributed by atoms with E-state index in [0.717, 1.165) is 31.2 Å². The molecule has 2 aromatic carbocycles. The molecule has 1 aliphatic carbocycles. The predicted octanol–water partition coefficient (Wildman–Crippen LogP) is 3.12. The molecular formula is C22H25FN2O4S. The van der Waals surface area contributed by atoms with Gasteiger partial charge < -0.3 is 9.64 Å². The summed E-state index contributed by atoms with van der Waals surface area (Å²) >= 11 is 0. The summed E-state index contributed by atoms with van der Waals surface area (Å²) in [5.74, 6) is -0.312. The molecule has 0 aromatic heterocycles. The molecule has 1 unspecified atom stereocenters. The lowest BCUT2D eigenvalue weighted by Crippen LogP contribution is -2.37. The fourth-order valence-corrected chi connectivity index (χ4v) is 5.42. The molecule has 2 aliphatic rings. The first-order valence-electron chi connectivity index (χ1n) is 10.1.